The molecule has 0 saturated heterocycles. The standard InChI is InChI=1S/C13H21N3O4/c1-9(2)16(6-4-5-13(18)19)8-11(17)14-12-7-10(3)15-20-12/h7,9H,4-6,8H2,1-3H3,(H,14,17)(H,18,19). The Morgan fingerprint density at radius 3 is 2.70 bits per heavy atom. The Labute approximate surface area is 117 Å². The van der Waals surface area contributed by atoms with Crippen molar-refractivity contribution in [1.82, 2.24) is 10.1 Å². The number of rotatable bonds is 8. The van der Waals surface area contributed by atoms with Gasteiger partial charge in [-0.2, -0.15) is 0 Å². The van der Waals surface area contributed by atoms with E-state index in [1.807, 2.05) is 18.7 Å². The third kappa shape index (κ3) is 5.83. The number of carbonyl (C=O) groups excluding carboxylic acids is 1. The van der Waals surface area contributed by atoms with Gasteiger partial charge in [-0.25, -0.2) is 0 Å². The molecule has 1 aromatic heterocycles. The number of nitrogens with one attached hydrogen (secondary N) is 1. The molecule has 0 radical (unpaired) electrons. The van der Waals surface area contributed by atoms with E-state index in [1.54, 1.807) is 13.0 Å². The smallest absolute Gasteiger partial charge is 0.303 e. The van der Waals surface area contributed by atoms with Crippen molar-refractivity contribution in [2.45, 2.75) is 39.7 Å². The Morgan fingerprint density at radius 2 is 2.20 bits per heavy atom. The zero-order valence-electron chi connectivity index (χ0n) is 12.0. The van der Waals surface area contributed by atoms with Gasteiger partial charge in [0, 0.05) is 18.5 Å². The van der Waals surface area contributed by atoms with E-state index in [9.17, 15) is 9.59 Å². The van der Waals surface area contributed by atoms with Crippen LogP contribution in [0.15, 0.2) is 10.6 Å². The van der Waals surface area contributed by atoms with Crippen molar-refractivity contribution in [3.8, 4) is 0 Å². The lowest BCUT2D eigenvalue weighted by molar-refractivity contribution is -0.137. The third-order valence-electron chi connectivity index (χ3n) is 2.80. The first-order valence-corrected chi connectivity index (χ1v) is 6.57. The zero-order valence-corrected chi connectivity index (χ0v) is 12.0. The molecular formula is C13H21N3O4. The van der Waals surface area contributed by atoms with Crippen molar-refractivity contribution in [2.24, 2.45) is 0 Å². The molecule has 1 rings (SSSR count). The second kappa shape index (κ2) is 7.64. The quantitative estimate of drug-likeness (QED) is 0.750. The van der Waals surface area contributed by atoms with Gasteiger partial charge in [-0.3, -0.25) is 19.8 Å². The van der Waals surface area contributed by atoms with Crippen LogP contribution in [0.25, 0.3) is 0 Å². The van der Waals surface area contributed by atoms with Gasteiger partial charge in [0.05, 0.1) is 12.2 Å². The Bertz CT molecular complexity index is 456. The summed E-state index contributed by atoms with van der Waals surface area (Å²) in [4.78, 5) is 24.3. The maximum Gasteiger partial charge on any atom is 0.303 e. The van der Waals surface area contributed by atoms with Crippen LogP contribution in [0.5, 0.6) is 0 Å². The van der Waals surface area contributed by atoms with Gasteiger partial charge in [-0.05, 0) is 33.7 Å². The highest BCUT2D eigenvalue weighted by Crippen LogP contribution is 2.09. The molecule has 0 unspecified atom stereocenters. The van der Waals surface area contributed by atoms with E-state index >= 15 is 0 Å². The number of anilines is 1. The fourth-order valence-corrected chi connectivity index (χ4v) is 1.74. The molecule has 0 spiro atoms. The van der Waals surface area contributed by atoms with E-state index in [4.69, 9.17) is 9.63 Å². The van der Waals surface area contributed by atoms with Gasteiger partial charge in [0.25, 0.3) is 0 Å². The number of carbonyl (C=O) groups is 2. The maximum atomic E-state index is 11.9. The molecule has 1 aromatic rings. The molecule has 1 heterocycles. The summed E-state index contributed by atoms with van der Waals surface area (Å²) < 4.78 is 4.91. The van der Waals surface area contributed by atoms with Gasteiger partial charge in [0.15, 0.2) is 0 Å². The first-order valence-electron chi connectivity index (χ1n) is 6.57. The Balaban J connectivity index is 2.44. The number of carboxylic acids is 1. The van der Waals surface area contributed by atoms with Gasteiger partial charge in [-0.15, -0.1) is 0 Å². The van der Waals surface area contributed by atoms with Crippen LogP contribution >= 0.6 is 0 Å². The molecule has 0 fully saturated rings. The van der Waals surface area contributed by atoms with Crippen LogP contribution < -0.4 is 5.32 Å². The lowest BCUT2D eigenvalue weighted by atomic mass is 10.2. The molecule has 7 heteroatoms. The summed E-state index contributed by atoms with van der Waals surface area (Å²) in [6, 6.07) is 1.80. The lowest BCUT2D eigenvalue weighted by Gasteiger charge is -2.25. The predicted octanol–water partition coefficient (Wildman–Crippen LogP) is 1.50. The van der Waals surface area contributed by atoms with Gasteiger partial charge < -0.3 is 9.63 Å². The van der Waals surface area contributed by atoms with Crippen molar-refractivity contribution in [2.75, 3.05) is 18.4 Å². The molecule has 0 aliphatic rings. The third-order valence-corrected chi connectivity index (χ3v) is 2.80. The van der Waals surface area contributed by atoms with Crippen molar-refractivity contribution in [3.63, 3.8) is 0 Å². The highest BCUT2D eigenvalue weighted by Gasteiger charge is 2.15. The molecule has 1 amide bonds. The molecular weight excluding hydrogens is 262 g/mol. The van der Waals surface area contributed by atoms with E-state index in [2.05, 4.69) is 10.5 Å². The monoisotopic (exact) mass is 283 g/mol. The predicted molar refractivity (Wildman–Crippen MR) is 73.4 cm³/mol. The van der Waals surface area contributed by atoms with Crippen molar-refractivity contribution in [3.05, 3.63) is 11.8 Å². The minimum absolute atomic E-state index is 0.103. The Morgan fingerprint density at radius 1 is 1.50 bits per heavy atom. The zero-order chi connectivity index (χ0) is 15.1. The fourth-order valence-electron chi connectivity index (χ4n) is 1.74. The number of hydrogen-bond donors (Lipinski definition) is 2. The summed E-state index contributed by atoms with van der Waals surface area (Å²) in [5.74, 6) is -0.706. The van der Waals surface area contributed by atoms with Gasteiger partial charge in [-0.1, -0.05) is 5.16 Å². The van der Waals surface area contributed by atoms with Crippen LogP contribution in [-0.4, -0.2) is 46.2 Å². The Hall–Kier alpha value is -1.89. The molecule has 2 N–H and O–H groups in total. The summed E-state index contributed by atoms with van der Waals surface area (Å²) in [6.07, 6.45) is 0.619. The molecule has 0 aliphatic heterocycles. The summed E-state index contributed by atoms with van der Waals surface area (Å²) in [5.41, 5.74) is 0.697. The van der Waals surface area contributed by atoms with E-state index in [0.29, 0.717) is 24.5 Å². The van der Waals surface area contributed by atoms with Crippen LogP contribution in [0.1, 0.15) is 32.4 Å². The van der Waals surface area contributed by atoms with E-state index in [0.717, 1.165) is 0 Å². The lowest BCUT2D eigenvalue weighted by Crippen LogP contribution is -2.38. The van der Waals surface area contributed by atoms with Crippen LogP contribution in [-0.2, 0) is 9.59 Å². The first-order chi connectivity index (χ1) is 9.38. The summed E-state index contributed by atoms with van der Waals surface area (Å²) in [5, 5.41) is 14.9. The number of carboxylic acid groups (broad SMARTS) is 1. The van der Waals surface area contributed by atoms with Crippen LogP contribution in [0.2, 0.25) is 0 Å². The minimum Gasteiger partial charge on any atom is -0.481 e. The highest BCUT2D eigenvalue weighted by molar-refractivity contribution is 5.90. The van der Waals surface area contributed by atoms with Gasteiger partial charge in [0.2, 0.25) is 11.8 Å². The largest absolute Gasteiger partial charge is 0.481 e. The normalized spacial score (nSPS) is 11.1. The second-order valence-corrected chi connectivity index (χ2v) is 4.94. The van der Waals surface area contributed by atoms with E-state index < -0.39 is 5.97 Å². The van der Waals surface area contributed by atoms with Crippen LogP contribution in [0.3, 0.4) is 0 Å². The number of amides is 1. The Kier molecular flexibility index (Phi) is 6.17. The number of nitrogens with zero attached hydrogens (tertiary/aromatic N) is 2. The molecule has 0 saturated carbocycles. The molecule has 0 aromatic carbocycles. The summed E-state index contributed by atoms with van der Waals surface area (Å²) in [7, 11) is 0. The second-order valence-electron chi connectivity index (χ2n) is 4.94. The van der Waals surface area contributed by atoms with Crippen molar-refractivity contribution < 1.29 is 19.2 Å². The molecule has 7 nitrogen and oxygen atoms in total. The molecule has 112 valence electrons. The number of aliphatic carboxylic acids is 1. The molecule has 0 aliphatic carbocycles. The number of aromatic nitrogens is 1. The van der Waals surface area contributed by atoms with E-state index in [1.165, 1.54) is 0 Å². The van der Waals surface area contributed by atoms with Gasteiger partial charge in [0.1, 0.15) is 0 Å². The summed E-state index contributed by atoms with van der Waals surface area (Å²) in [6.45, 7) is 6.45. The SMILES string of the molecule is Cc1cc(NC(=O)CN(CCCC(=O)O)C(C)C)on1. The fraction of sp³-hybridized carbons (Fsp3) is 0.615. The van der Waals surface area contributed by atoms with Crippen molar-refractivity contribution >= 4 is 17.8 Å². The van der Waals surface area contributed by atoms with Crippen molar-refractivity contribution in [1.29, 1.82) is 0 Å². The number of hydrogen-bond acceptors (Lipinski definition) is 5. The van der Waals surface area contributed by atoms with E-state index in [-0.39, 0.29) is 24.9 Å². The summed E-state index contributed by atoms with van der Waals surface area (Å²) >= 11 is 0. The van der Waals surface area contributed by atoms with Crippen LogP contribution in [0, 0.1) is 6.92 Å². The minimum atomic E-state index is -0.824. The maximum absolute atomic E-state index is 11.9. The molecule has 20 heavy (non-hydrogen) atoms. The number of aryl methyl sites for hydroxylation is 1. The first kappa shape index (κ1) is 16.2. The average molecular weight is 283 g/mol. The topological polar surface area (TPSA) is 95.7 Å². The van der Waals surface area contributed by atoms with Crippen LogP contribution in [0.4, 0.5) is 5.88 Å². The molecule has 0 atom stereocenters. The highest BCUT2D eigenvalue weighted by atomic mass is 16.5. The average Bonchev–Trinajstić information content (AvgIpc) is 2.72. The molecule has 0 bridgehead atoms. The van der Waals surface area contributed by atoms with Gasteiger partial charge >= 0.3 is 5.97 Å².